The zero-order valence-electron chi connectivity index (χ0n) is 12.5. The molecule has 20 heavy (non-hydrogen) atoms. The van der Waals surface area contributed by atoms with Gasteiger partial charge in [0.1, 0.15) is 11.9 Å². The fourth-order valence-electron chi connectivity index (χ4n) is 2.47. The second-order valence-corrected chi connectivity index (χ2v) is 4.98. The van der Waals surface area contributed by atoms with Crippen LogP contribution in [-0.2, 0) is 6.42 Å². The molecule has 0 amide bonds. The van der Waals surface area contributed by atoms with Crippen LogP contribution in [0.15, 0.2) is 30.5 Å². The summed E-state index contributed by atoms with van der Waals surface area (Å²) < 4.78 is 5.31. The molecule has 2 rings (SSSR count). The summed E-state index contributed by atoms with van der Waals surface area (Å²) in [4.78, 5) is 4.36. The number of hydrogen-bond donors (Lipinski definition) is 1. The van der Waals surface area contributed by atoms with Gasteiger partial charge in [0.25, 0.3) is 0 Å². The third kappa shape index (κ3) is 2.68. The SMILES string of the molecule is CCc1cccnc1C(O)c1cc(C)c(OC)cc1C. The van der Waals surface area contributed by atoms with Gasteiger partial charge in [0, 0.05) is 6.20 Å². The Labute approximate surface area is 120 Å². The molecule has 1 aromatic carbocycles. The minimum atomic E-state index is -0.698. The first kappa shape index (κ1) is 14.5. The molecule has 3 nitrogen and oxygen atoms in total. The highest BCUT2D eigenvalue weighted by Gasteiger charge is 2.18. The molecule has 1 heterocycles. The Balaban J connectivity index is 2.48. The van der Waals surface area contributed by atoms with Gasteiger partial charge in [-0.05, 0) is 60.7 Å². The van der Waals surface area contributed by atoms with Crippen molar-refractivity contribution in [3.63, 3.8) is 0 Å². The Morgan fingerprint density at radius 1 is 1.25 bits per heavy atom. The number of aromatic nitrogens is 1. The second-order valence-electron chi connectivity index (χ2n) is 4.98. The van der Waals surface area contributed by atoms with Crippen molar-refractivity contribution in [1.29, 1.82) is 0 Å². The lowest BCUT2D eigenvalue weighted by molar-refractivity contribution is 0.213. The molecule has 1 atom stereocenters. The van der Waals surface area contributed by atoms with Gasteiger partial charge in [0.05, 0.1) is 12.8 Å². The van der Waals surface area contributed by atoms with Crippen molar-refractivity contribution in [3.8, 4) is 5.75 Å². The molecular weight excluding hydrogens is 250 g/mol. The van der Waals surface area contributed by atoms with E-state index < -0.39 is 6.10 Å². The average Bonchev–Trinajstić information content (AvgIpc) is 2.48. The zero-order valence-corrected chi connectivity index (χ0v) is 12.5. The smallest absolute Gasteiger partial charge is 0.122 e. The molecule has 106 valence electrons. The fourth-order valence-corrected chi connectivity index (χ4v) is 2.47. The minimum Gasteiger partial charge on any atom is -0.496 e. The number of methoxy groups -OCH3 is 1. The molecule has 1 aromatic heterocycles. The average molecular weight is 271 g/mol. The fraction of sp³-hybridized carbons (Fsp3) is 0.353. The molecule has 0 fully saturated rings. The molecule has 0 aliphatic carbocycles. The van der Waals surface area contributed by atoms with E-state index in [1.54, 1.807) is 13.3 Å². The number of hydrogen-bond acceptors (Lipinski definition) is 3. The lowest BCUT2D eigenvalue weighted by Crippen LogP contribution is -2.08. The van der Waals surface area contributed by atoms with Crippen LogP contribution in [0.4, 0.5) is 0 Å². The molecule has 0 saturated heterocycles. The van der Waals surface area contributed by atoms with Crippen molar-refractivity contribution in [2.24, 2.45) is 0 Å². The van der Waals surface area contributed by atoms with Crippen LogP contribution in [0.25, 0.3) is 0 Å². The normalized spacial score (nSPS) is 12.2. The third-order valence-corrected chi connectivity index (χ3v) is 3.64. The van der Waals surface area contributed by atoms with E-state index in [-0.39, 0.29) is 0 Å². The van der Waals surface area contributed by atoms with Gasteiger partial charge < -0.3 is 9.84 Å². The van der Waals surface area contributed by atoms with Crippen molar-refractivity contribution < 1.29 is 9.84 Å². The van der Waals surface area contributed by atoms with E-state index in [0.29, 0.717) is 0 Å². The number of aliphatic hydroxyl groups is 1. The van der Waals surface area contributed by atoms with E-state index >= 15 is 0 Å². The van der Waals surface area contributed by atoms with Crippen LogP contribution < -0.4 is 4.74 Å². The standard InChI is InChI=1S/C17H21NO2/c1-5-13-7-6-8-18-16(13)17(19)14-9-12(3)15(20-4)10-11(14)2/h6-10,17,19H,5H2,1-4H3. The van der Waals surface area contributed by atoms with Gasteiger partial charge in [-0.3, -0.25) is 4.98 Å². The first-order valence-electron chi connectivity index (χ1n) is 6.85. The van der Waals surface area contributed by atoms with Gasteiger partial charge >= 0.3 is 0 Å². The predicted octanol–water partition coefficient (Wildman–Crippen LogP) is 3.35. The molecule has 0 aliphatic rings. The van der Waals surface area contributed by atoms with Crippen LogP contribution in [0.5, 0.6) is 5.75 Å². The van der Waals surface area contributed by atoms with Crippen molar-refractivity contribution in [3.05, 3.63) is 58.4 Å². The highest BCUT2D eigenvalue weighted by atomic mass is 16.5. The number of pyridine rings is 1. The molecule has 0 spiro atoms. The molecule has 3 heteroatoms. The topological polar surface area (TPSA) is 42.4 Å². The van der Waals surface area contributed by atoms with E-state index in [9.17, 15) is 5.11 Å². The summed E-state index contributed by atoms with van der Waals surface area (Å²) in [5, 5.41) is 10.7. The second kappa shape index (κ2) is 6.06. The number of rotatable bonds is 4. The van der Waals surface area contributed by atoms with E-state index in [1.165, 1.54) is 0 Å². The van der Waals surface area contributed by atoms with E-state index in [2.05, 4.69) is 11.9 Å². The number of benzene rings is 1. The first-order valence-corrected chi connectivity index (χ1v) is 6.85. The van der Waals surface area contributed by atoms with Crippen LogP contribution in [-0.4, -0.2) is 17.2 Å². The highest BCUT2D eigenvalue weighted by Crippen LogP contribution is 2.30. The quantitative estimate of drug-likeness (QED) is 0.927. The zero-order chi connectivity index (χ0) is 14.7. The van der Waals surface area contributed by atoms with Crippen LogP contribution in [0.1, 0.15) is 41.0 Å². The predicted molar refractivity (Wildman–Crippen MR) is 80.1 cm³/mol. The molecule has 1 N–H and O–H groups in total. The summed E-state index contributed by atoms with van der Waals surface area (Å²) in [6, 6.07) is 7.86. The molecule has 0 aliphatic heterocycles. The van der Waals surface area contributed by atoms with Crippen LogP contribution >= 0.6 is 0 Å². The molecule has 0 radical (unpaired) electrons. The van der Waals surface area contributed by atoms with Gasteiger partial charge in [-0.2, -0.15) is 0 Å². The lowest BCUT2D eigenvalue weighted by Gasteiger charge is -2.18. The Morgan fingerprint density at radius 2 is 2.00 bits per heavy atom. The van der Waals surface area contributed by atoms with Crippen molar-refractivity contribution >= 4 is 0 Å². The number of aryl methyl sites for hydroxylation is 3. The van der Waals surface area contributed by atoms with Gasteiger partial charge in [-0.25, -0.2) is 0 Å². The maximum absolute atomic E-state index is 10.7. The molecule has 0 saturated carbocycles. The lowest BCUT2D eigenvalue weighted by atomic mass is 9.95. The summed E-state index contributed by atoms with van der Waals surface area (Å²) in [7, 11) is 1.66. The van der Waals surface area contributed by atoms with E-state index in [4.69, 9.17) is 4.74 Å². The van der Waals surface area contributed by atoms with Crippen molar-refractivity contribution in [2.45, 2.75) is 33.3 Å². The minimum absolute atomic E-state index is 0.698. The molecule has 2 aromatic rings. The monoisotopic (exact) mass is 271 g/mol. The Bertz CT molecular complexity index is 608. The number of aliphatic hydroxyl groups excluding tert-OH is 1. The number of nitrogens with zero attached hydrogens (tertiary/aromatic N) is 1. The van der Waals surface area contributed by atoms with Gasteiger partial charge in [-0.1, -0.05) is 13.0 Å². The van der Waals surface area contributed by atoms with Gasteiger partial charge in [-0.15, -0.1) is 0 Å². The third-order valence-electron chi connectivity index (χ3n) is 3.64. The highest BCUT2D eigenvalue weighted by molar-refractivity contribution is 5.45. The van der Waals surface area contributed by atoms with Gasteiger partial charge in [0.15, 0.2) is 0 Å². The maximum atomic E-state index is 10.7. The van der Waals surface area contributed by atoms with Crippen molar-refractivity contribution in [1.82, 2.24) is 4.98 Å². The summed E-state index contributed by atoms with van der Waals surface area (Å²) in [6.07, 6.45) is 1.88. The maximum Gasteiger partial charge on any atom is 0.122 e. The Kier molecular flexibility index (Phi) is 4.40. The van der Waals surface area contributed by atoms with E-state index in [0.717, 1.165) is 40.1 Å². The van der Waals surface area contributed by atoms with Crippen LogP contribution in [0.2, 0.25) is 0 Å². The van der Waals surface area contributed by atoms with Crippen LogP contribution in [0.3, 0.4) is 0 Å². The van der Waals surface area contributed by atoms with Crippen molar-refractivity contribution in [2.75, 3.05) is 7.11 Å². The molecular formula is C17H21NO2. The van der Waals surface area contributed by atoms with Gasteiger partial charge in [0.2, 0.25) is 0 Å². The largest absolute Gasteiger partial charge is 0.496 e. The van der Waals surface area contributed by atoms with E-state index in [1.807, 2.05) is 38.1 Å². The van der Waals surface area contributed by atoms with Crippen LogP contribution in [0, 0.1) is 13.8 Å². The summed E-state index contributed by atoms with van der Waals surface area (Å²) >= 11 is 0. The summed E-state index contributed by atoms with van der Waals surface area (Å²) in [6.45, 7) is 6.03. The summed E-state index contributed by atoms with van der Waals surface area (Å²) in [5.74, 6) is 0.843. The Morgan fingerprint density at radius 3 is 2.65 bits per heavy atom. The number of ether oxygens (including phenoxy) is 1. The summed E-state index contributed by atoms with van der Waals surface area (Å²) in [5.41, 5.74) is 4.72. The molecule has 1 unspecified atom stereocenters. The first-order chi connectivity index (χ1) is 9.58. The molecule has 0 bridgehead atoms. The Hall–Kier alpha value is -1.87.